The first-order chi connectivity index (χ1) is 15.0. The number of aryl methyl sites for hydroxylation is 2. The lowest BCUT2D eigenvalue weighted by Gasteiger charge is -2.14. The first kappa shape index (κ1) is 23.0. The molecule has 0 spiro atoms. The number of carbonyl (C=O) groups is 1. The number of anilines is 1. The Morgan fingerprint density at radius 2 is 1.81 bits per heavy atom. The van der Waals surface area contributed by atoms with E-state index in [2.05, 4.69) is 27.8 Å². The van der Waals surface area contributed by atoms with Crippen molar-refractivity contribution >= 4 is 23.4 Å². The second kappa shape index (κ2) is 11.1. The average Bonchev–Trinajstić information content (AvgIpc) is 3.18. The fourth-order valence-corrected chi connectivity index (χ4v) is 3.90. The molecule has 1 heterocycles. The molecule has 1 atom stereocenters. The van der Waals surface area contributed by atoms with E-state index in [1.165, 1.54) is 17.3 Å². The number of aliphatic hydroxyl groups is 1. The maximum Gasteiger partial charge on any atom is 0.234 e. The zero-order valence-corrected chi connectivity index (χ0v) is 18.9. The van der Waals surface area contributed by atoms with Gasteiger partial charge in [-0.25, -0.2) is 0 Å². The zero-order valence-electron chi connectivity index (χ0n) is 18.1. The first-order valence-electron chi connectivity index (χ1n) is 10.4. The fourth-order valence-electron chi connectivity index (χ4n) is 3.08. The molecular formula is C23H29N5O2S. The van der Waals surface area contributed by atoms with Crippen molar-refractivity contribution in [3.05, 3.63) is 71.0 Å². The minimum Gasteiger partial charge on any atom is -0.374 e. The van der Waals surface area contributed by atoms with Crippen LogP contribution in [-0.4, -0.2) is 31.5 Å². The van der Waals surface area contributed by atoms with Crippen LogP contribution in [0.3, 0.4) is 0 Å². The number of amides is 1. The molecule has 31 heavy (non-hydrogen) atoms. The summed E-state index contributed by atoms with van der Waals surface area (Å²) < 4.78 is 1.95. The predicted molar refractivity (Wildman–Crippen MR) is 124 cm³/mol. The van der Waals surface area contributed by atoms with Crippen LogP contribution < -0.4 is 10.6 Å². The summed E-state index contributed by atoms with van der Waals surface area (Å²) in [5.74, 6) is 0.869. The zero-order chi connectivity index (χ0) is 22.2. The molecule has 0 bridgehead atoms. The van der Waals surface area contributed by atoms with Gasteiger partial charge in [-0.15, -0.1) is 10.2 Å². The molecule has 1 amide bonds. The van der Waals surface area contributed by atoms with Gasteiger partial charge in [0.05, 0.1) is 12.3 Å². The van der Waals surface area contributed by atoms with E-state index in [1.54, 1.807) is 0 Å². The van der Waals surface area contributed by atoms with Crippen LogP contribution >= 0.6 is 11.8 Å². The summed E-state index contributed by atoms with van der Waals surface area (Å²) >= 11 is 1.35. The van der Waals surface area contributed by atoms with Gasteiger partial charge in [0.1, 0.15) is 12.1 Å². The highest BCUT2D eigenvalue weighted by Crippen LogP contribution is 2.19. The normalized spacial score (nSPS) is 12.0. The molecule has 7 nitrogen and oxygen atoms in total. The van der Waals surface area contributed by atoms with E-state index in [-0.39, 0.29) is 11.7 Å². The van der Waals surface area contributed by atoms with Gasteiger partial charge in [-0.1, -0.05) is 60.6 Å². The lowest BCUT2D eigenvalue weighted by molar-refractivity contribution is -0.113. The Morgan fingerprint density at radius 3 is 2.45 bits per heavy atom. The predicted octanol–water partition coefficient (Wildman–Crippen LogP) is 3.68. The number of carbonyl (C=O) groups excluding carboxylic acids is 1. The van der Waals surface area contributed by atoms with Crippen LogP contribution in [0.25, 0.3) is 0 Å². The molecule has 3 N–H and O–H groups in total. The molecule has 0 aliphatic rings. The molecule has 0 fully saturated rings. The van der Waals surface area contributed by atoms with Crippen LogP contribution in [0.5, 0.6) is 0 Å². The molecule has 3 rings (SSSR count). The number of nitrogens with one attached hydrogen (secondary N) is 2. The highest BCUT2D eigenvalue weighted by atomic mass is 32.2. The van der Waals surface area contributed by atoms with Gasteiger partial charge in [0, 0.05) is 12.2 Å². The van der Waals surface area contributed by atoms with Gasteiger partial charge in [0.2, 0.25) is 5.91 Å². The number of aliphatic hydroxyl groups excluding tert-OH is 1. The molecular weight excluding hydrogens is 410 g/mol. The molecule has 0 aliphatic heterocycles. The lowest BCUT2D eigenvalue weighted by Crippen LogP contribution is -2.22. The maximum atomic E-state index is 12.3. The number of hydrogen-bond acceptors (Lipinski definition) is 6. The molecule has 0 aliphatic carbocycles. The number of rotatable bonds is 10. The molecule has 0 saturated carbocycles. The number of hydrogen-bond donors (Lipinski definition) is 3. The summed E-state index contributed by atoms with van der Waals surface area (Å²) in [7, 11) is 0. The number of nitrogens with zero attached hydrogens (tertiary/aromatic N) is 3. The van der Waals surface area contributed by atoms with Gasteiger partial charge in [-0.05, 0) is 43.5 Å². The summed E-state index contributed by atoms with van der Waals surface area (Å²) in [5.41, 5.74) is 3.96. The minimum atomic E-state index is -0.788. The largest absolute Gasteiger partial charge is 0.374 e. The third-order valence-corrected chi connectivity index (χ3v) is 5.90. The summed E-state index contributed by atoms with van der Waals surface area (Å²) in [6.45, 7) is 7.15. The standard InChI is InChI=1S/C23H29N5O2S/c1-4-17-8-12-19(13-9-17)25-21(29)15-31-23-27-26-20(28(23)5-2)14-24-22(30)18-10-6-16(3)7-11-18/h6-13,22,24,30H,4-5,14-15H2,1-3H3,(H,25,29). The lowest BCUT2D eigenvalue weighted by atomic mass is 10.1. The number of aromatic nitrogens is 3. The van der Waals surface area contributed by atoms with Gasteiger partial charge in [-0.2, -0.15) is 0 Å². The highest BCUT2D eigenvalue weighted by molar-refractivity contribution is 7.99. The van der Waals surface area contributed by atoms with Gasteiger partial charge >= 0.3 is 0 Å². The SMILES string of the molecule is CCc1ccc(NC(=O)CSc2nnc(CNC(O)c3ccc(C)cc3)n2CC)cc1. The monoisotopic (exact) mass is 439 g/mol. The van der Waals surface area contributed by atoms with Crippen molar-refractivity contribution in [2.75, 3.05) is 11.1 Å². The van der Waals surface area contributed by atoms with Crippen molar-refractivity contribution in [2.45, 2.75) is 51.7 Å². The van der Waals surface area contributed by atoms with Crippen molar-refractivity contribution in [2.24, 2.45) is 0 Å². The van der Waals surface area contributed by atoms with Crippen molar-refractivity contribution in [1.29, 1.82) is 0 Å². The highest BCUT2D eigenvalue weighted by Gasteiger charge is 2.15. The fraction of sp³-hybridized carbons (Fsp3) is 0.348. The van der Waals surface area contributed by atoms with E-state index >= 15 is 0 Å². The van der Waals surface area contributed by atoms with Crippen LogP contribution in [0.2, 0.25) is 0 Å². The van der Waals surface area contributed by atoms with Crippen molar-refractivity contribution < 1.29 is 9.90 Å². The maximum absolute atomic E-state index is 12.3. The van der Waals surface area contributed by atoms with E-state index in [9.17, 15) is 9.90 Å². The molecule has 2 aromatic carbocycles. The third-order valence-electron chi connectivity index (χ3n) is 4.93. The molecule has 164 valence electrons. The van der Waals surface area contributed by atoms with Gasteiger partial charge in [0.15, 0.2) is 5.16 Å². The van der Waals surface area contributed by atoms with Crippen molar-refractivity contribution in [3.63, 3.8) is 0 Å². The smallest absolute Gasteiger partial charge is 0.234 e. The average molecular weight is 440 g/mol. The van der Waals surface area contributed by atoms with Gasteiger partial charge in [0.25, 0.3) is 0 Å². The Bertz CT molecular complexity index is 986. The van der Waals surface area contributed by atoms with Crippen LogP contribution in [0.1, 0.15) is 42.6 Å². The summed E-state index contributed by atoms with van der Waals surface area (Å²) in [6.07, 6.45) is 0.180. The second-order valence-electron chi connectivity index (χ2n) is 7.22. The Labute approximate surface area is 187 Å². The summed E-state index contributed by atoms with van der Waals surface area (Å²) in [4.78, 5) is 12.3. The van der Waals surface area contributed by atoms with Gasteiger partial charge in [-0.3, -0.25) is 10.1 Å². The Morgan fingerprint density at radius 1 is 1.10 bits per heavy atom. The molecule has 1 unspecified atom stereocenters. The second-order valence-corrected chi connectivity index (χ2v) is 8.17. The van der Waals surface area contributed by atoms with Crippen LogP contribution in [-0.2, 0) is 24.3 Å². The summed E-state index contributed by atoms with van der Waals surface area (Å²) in [5, 5.41) is 25.5. The van der Waals surface area contributed by atoms with Crippen LogP contribution in [0.15, 0.2) is 53.7 Å². The van der Waals surface area contributed by atoms with E-state index in [0.29, 0.717) is 24.1 Å². The minimum absolute atomic E-state index is 0.0885. The quantitative estimate of drug-likeness (QED) is 0.330. The Kier molecular flexibility index (Phi) is 8.22. The summed E-state index contributed by atoms with van der Waals surface area (Å²) in [6, 6.07) is 15.6. The Balaban J connectivity index is 1.54. The first-order valence-corrected chi connectivity index (χ1v) is 11.4. The molecule has 3 aromatic rings. The molecule has 8 heteroatoms. The number of thioether (sulfide) groups is 1. The van der Waals surface area contributed by atoms with Gasteiger partial charge < -0.3 is 15.0 Å². The molecule has 0 radical (unpaired) electrons. The van der Waals surface area contributed by atoms with E-state index < -0.39 is 6.23 Å². The van der Waals surface area contributed by atoms with Crippen molar-refractivity contribution in [1.82, 2.24) is 20.1 Å². The van der Waals surface area contributed by atoms with Crippen molar-refractivity contribution in [3.8, 4) is 0 Å². The van der Waals surface area contributed by atoms with E-state index in [0.717, 1.165) is 23.2 Å². The number of benzene rings is 2. The van der Waals surface area contributed by atoms with Crippen LogP contribution in [0.4, 0.5) is 5.69 Å². The third kappa shape index (κ3) is 6.40. The topological polar surface area (TPSA) is 92.1 Å². The van der Waals surface area contributed by atoms with E-state index in [1.807, 2.05) is 66.9 Å². The van der Waals surface area contributed by atoms with E-state index in [4.69, 9.17) is 0 Å². The van der Waals surface area contributed by atoms with Crippen LogP contribution in [0, 0.1) is 6.92 Å². The molecule has 1 aromatic heterocycles. The Hall–Kier alpha value is -2.68. The molecule has 0 saturated heterocycles.